The van der Waals surface area contributed by atoms with Crippen molar-refractivity contribution in [3.63, 3.8) is 0 Å². The Morgan fingerprint density at radius 1 is 1.18 bits per heavy atom. The van der Waals surface area contributed by atoms with Crippen molar-refractivity contribution in [3.8, 4) is 0 Å². The van der Waals surface area contributed by atoms with Crippen molar-refractivity contribution in [1.29, 1.82) is 0 Å². The summed E-state index contributed by atoms with van der Waals surface area (Å²) in [6, 6.07) is 8.90. The van der Waals surface area contributed by atoms with Gasteiger partial charge in [0.2, 0.25) is 15.9 Å². The zero-order valence-corrected chi connectivity index (χ0v) is 17.0. The van der Waals surface area contributed by atoms with Crippen molar-refractivity contribution in [1.82, 2.24) is 5.32 Å². The summed E-state index contributed by atoms with van der Waals surface area (Å²) in [5.41, 5.74) is 0.825. The van der Waals surface area contributed by atoms with Gasteiger partial charge < -0.3 is 5.32 Å². The first-order valence-electron chi connectivity index (χ1n) is 8.57. The van der Waals surface area contributed by atoms with Gasteiger partial charge in [-0.15, -0.1) is 0 Å². The maximum absolute atomic E-state index is 13.5. The number of carbonyl (C=O) groups is 1. The average molecular weight is 431 g/mol. The molecule has 2 aromatic rings. The largest absolute Gasteiger partial charge is 0.354 e. The molecule has 2 aromatic carbocycles. The molecule has 0 heterocycles. The number of benzene rings is 2. The van der Waals surface area contributed by atoms with Crippen LogP contribution in [0.3, 0.4) is 0 Å². The van der Waals surface area contributed by atoms with Gasteiger partial charge in [-0.2, -0.15) is 0 Å². The van der Waals surface area contributed by atoms with E-state index in [2.05, 4.69) is 5.32 Å². The van der Waals surface area contributed by atoms with E-state index in [-0.39, 0.29) is 5.69 Å². The van der Waals surface area contributed by atoms with E-state index in [0.717, 1.165) is 34.3 Å². The lowest BCUT2D eigenvalue weighted by molar-refractivity contribution is -0.121. The molecule has 0 aliphatic carbocycles. The molecule has 1 amide bonds. The second-order valence-corrected chi connectivity index (χ2v) is 8.59. The highest BCUT2D eigenvalue weighted by Gasteiger charge is 2.29. The molecule has 0 aliphatic heterocycles. The van der Waals surface area contributed by atoms with Crippen LogP contribution in [0.15, 0.2) is 42.5 Å². The maximum atomic E-state index is 13.5. The molecule has 152 valence electrons. The number of halogens is 3. The molecule has 0 radical (unpaired) electrons. The minimum atomic E-state index is -3.91. The monoisotopic (exact) mass is 430 g/mol. The Hall–Kier alpha value is -2.19. The third kappa shape index (κ3) is 5.65. The molecule has 0 unspecified atom stereocenters. The van der Waals surface area contributed by atoms with E-state index >= 15 is 0 Å². The maximum Gasteiger partial charge on any atom is 0.243 e. The Labute approximate surface area is 168 Å². The summed E-state index contributed by atoms with van der Waals surface area (Å²) in [6.07, 6.45) is 2.15. The van der Waals surface area contributed by atoms with Crippen molar-refractivity contribution >= 4 is 33.2 Å². The van der Waals surface area contributed by atoms with Gasteiger partial charge in [0.25, 0.3) is 0 Å². The lowest BCUT2D eigenvalue weighted by Gasteiger charge is -2.28. The van der Waals surface area contributed by atoms with Gasteiger partial charge in [-0.1, -0.05) is 29.8 Å². The Balaban J connectivity index is 2.03. The smallest absolute Gasteiger partial charge is 0.243 e. The minimum Gasteiger partial charge on any atom is -0.354 e. The molecule has 9 heteroatoms. The number of hydrogen-bond acceptors (Lipinski definition) is 3. The summed E-state index contributed by atoms with van der Waals surface area (Å²) in [4.78, 5) is 12.4. The summed E-state index contributed by atoms with van der Waals surface area (Å²) in [5.74, 6) is -2.85. The first-order valence-corrected chi connectivity index (χ1v) is 10.8. The average Bonchev–Trinajstić information content (AvgIpc) is 2.62. The summed E-state index contributed by atoms with van der Waals surface area (Å²) in [6.45, 7) is 1.69. The van der Waals surface area contributed by atoms with Crippen LogP contribution in [0.25, 0.3) is 0 Å². The van der Waals surface area contributed by atoms with E-state index in [0.29, 0.717) is 24.4 Å². The van der Waals surface area contributed by atoms with Crippen LogP contribution in [0.5, 0.6) is 0 Å². The molecule has 2 rings (SSSR count). The van der Waals surface area contributed by atoms with E-state index < -0.39 is 33.6 Å². The van der Waals surface area contributed by atoms with Gasteiger partial charge in [0.05, 0.1) is 11.9 Å². The number of aryl methyl sites for hydroxylation is 1. The third-order valence-corrected chi connectivity index (χ3v) is 5.74. The van der Waals surface area contributed by atoms with Gasteiger partial charge in [-0.25, -0.2) is 17.2 Å². The van der Waals surface area contributed by atoms with Gasteiger partial charge in [-0.3, -0.25) is 9.10 Å². The molecule has 0 spiro atoms. The summed E-state index contributed by atoms with van der Waals surface area (Å²) >= 11 is 6.08. The number of rotatable bonds is 8. The van der Waals surface area contributed by atoms with Crippen LogP contribution in [0.1, 0.15) is 18.9 Å². The number of carbonyl (C=O) groups excluding carboxylic acids is 1. The van der Waals surface area contributed by atoms with E-state index in [1.807, 2.05) is 18.2 Å². The molecule has 1 atom stereocenters. The number of amides is 1. The quantitative estimate of drug-likeness (QED) is 0.651. The highest BCUT2D eigenvalue weighted by Crippen LogP contribution is 2.23. The highest BCUT2D eigenvalue weighted by molar-refractivity contribution is 7.92. The number of sulfonamides is 1. The number of nitrogens with zero attached hydrogens (tertiary/aromatic N) is 1. The van der Waals surface area contributed by atoms with Gasteiger partial charge in [0, 0.05) is 17.6 Å². The minimum absolute atomic E-state index is 0.125. The lowest BCUT2D eigenvalue weighted by atomic mass is 10.1. The molecule has 0 saturated heterocycles. The second-order valence-electron chi connectivity index (χ2n) is 6.32. The summed E-state index contributed by atoms with van der Waals surface area (Å²) in [5, 5.41) is 3.31. The van der Waals surface area contributed by atoms with Crippen LogP contribution in [0, 0.1) is 11.6 Å². The molecule has 0 aromatic heterocycles. The van der Waals surface area contributed by atoms with Crippen LogP contribution in [0.4, 0.5) is 14.5 Å². The molecule has 0 saturated carbocycles. The van der Waals surface area contributed by atoms with Crippen LogP contribution >= 0.6 is 11.6 Å². The zero-order valence-electron chi connectivity index (χ0n) is 15.5. The Kier molecular flexibility index (Phi) is 7.37. The van der Waals surface area contributed by atoms with Crippen LogP contribution in [-0.4, -0.2) is 33.2 Å². The number of hydrogen-bond donors (Lipinski definition) is 1. The lowest BCUT2D eigenvalue weighted by Crippen LogP contribution is -2.48. The van der Waals surface area contributed by atoms with Gasteiger partial charge >= 0.3 is 0 Å². The zero-order chi connectivity index (χ0) is 20.9. The second kappa shape index (κ2) is 9.34. The Morgan fingerprint density at radius 3 is 2.46 bits per heavy atom. The summed E-state index contributed by atoms with van der Waals surface area (Å²) in [7, 11) is -3.91. The standard InChI is InChI=1S/C19H21ClF2N2O3S/c1-13(19(25)23-11-5-7-14-6-3-4-8-16(14)20)24(28(2,26)27)15-9-10-17(21)18(22)12-15/h3-4,6,8-10,12-13H,5,7,11H2,1-2H3,(H,23,25)/t13-/m1/s1. The molecular weight excluding hydrogens is 410 g/mol. The van der Waals surface area contributed by atoms with Crippen molar-refractivity contribution in [2.75, 3.05) is 17.1 Å². The fraction of sp³-hybridized carbons (Fsp3) is 0.316. The molecule has 1 N–H and O–H groups in total. The normalized spacial score (nSPS) is 12.5. The predicted octanol–water partition coefficient (Wildman–Crippen LogP) is 3.52. The number of anilines is 1. The van der Waals surface area contributed by atoms with Crippen molar-refractivity contribution in [2.24, 2.45) is 0 Å². The molecule has 0 aliphatic rings. The summed E-state index contributed by atoms with van der Waals surface area (Å²) < 4.78 is 51.7. The van der Waals surface area contributed by atoms with E-state index in [4.69, 9.17) is 11.6 Å². The first kappa shape index (κ1) is 22.1. The SMILES string of the molecule is C[C@H](C(=O)NCCCc1ccccc1Cl)N(c1ccc(F)c(F)c1)S(C)(=O)=O. The first-order chi connectivity index (χ1) is 13.1. The number of nitrogens with one attached hydrogen (secondary N) is 1. The fourth-order valence-corrected chi connectivity index (χ4v) is 4.17. The molecule has 5 nitrogen and oxygen atoms in total. The van der Waals surface area contributed by atoms with Crippen molar-refractivity contribution in [3.05, 3.63) is 64.7 Å². The Morgan fingerprint density at radius 2 is 1.86 bits per heavy atom. The van der Waals surface area contributed by atoms with Crippen LogP contribution in [0.2, 0.25) is 5.02 Å². The molecule has 28 heavy (non-hydrogen) atoms. The molecular formula is C19H21ClF2N2O3S. The van der Waals surface area contributed by atoms with Gasteiger partial charge in [0.15, 0.2) is 11.6 Å². The van der Waals surface area contributed by atoms with Crippen molar-refractivity contribution < 1.29 is 22.0 Å². The van der Waals surface area contributed by atoms with Crippen molar-refractivity contribution in [2.45, 2.75) is 25.8 Å². The van der Waals surface area contributed by atoms with Gasteiger partial charge in [0.1, 0.15) is 6.04 Å². The van der Waals surface area contributed by atoms with Crippen LogP contribution in [-0.2, 0) is 21.2 Å². The van der Waals surface area contributed by atoms with Crippen LogP contribution < -0.4 is 9.62 Å². The molecule has 0 fully saturated rings. The topological polar surface area (TPSA) is 66.5 Å². The Bertz CT molecular complexity index is 954. The van der Waals surface area contributed by atoms with E-state index in [1.165, 1.54) is 6.92 Å². The van der Waals surface area contributed by atoms with Gasteiger partial charge in [-0.05, 0) is 43.5 Å². The fourth-order valence-electron chi connectivity index (χ4n) is 2.77. The molecule has 0 bridgehead atoms. The van der Waals surface area contributed by atoms with E-state index in [9.17, 15) is 22.0 Å². The third-order valence-electron chi connectivity index (χ3n) is 4.13. The van der Waals surface area contributed by atoms with E-state index in [1.54, 1.807) is 6.07 Å². The highest BCUT2D eigenvalue weighted by atomic mass is 35.5. The predicted molar refractivity (Wildman–Crippen MR) is 106 cm³/mol.